The third-order valence-corrected chi connectivity index (χ3v) is 4.51. The van der Waals surface area contributed by atoms with Crippen molar-refractivity contribution in [2.24, 2.45) is 11.8 Å². The molecule has 3 aliphatic heterocycles. The standard InChI is InChI=1S/C15H21NO5/c1-3-20-14(18)11-10-5-6-15(21-10)9-16(7-4-8-19-2)13(17)12(11)15/h5-6,10-12H,3-4,7-9H2,1-2H3/t10-,11-,12+,15-/m0/s1. The lowest BCUT2D eigenvalue weighted by Gasteiger charge is -2.22. The molecule has 0 saturated carbocycles. The molecule has 0 aliphatic carbocycles. The first-order valence-corrected chi connectivity index (χ1v) is 7.44. The van der Waals surface area contributed by atoms with Gasteiger partial charge in [-0.05, 0) is 13.3 Å². The lowest BCUT2D eigenvalue weighted by atomic mass is 9.77. The predicted molar refractivity (Wildman–Crippen MR) is 73.4 cm³/mol. The molecular weight excluding hydrogens is 274 g/mol. The summed E-state index contributed by atoms with van der Waals surface area (Å²) >= 11 is 0. The maximum Gasteiger partial charge on any atom is 0.312 e. The van der Waals surface area contributed by atoms with Gasteiger partial charge in [-0.2, -0.15) is 0 Å². The Kier molecular flexibility index (Phi) is 3.75. The van der Waals surface area contributed by atoms with E-state index in [0.29, 0.717) is 26.3 Å². The molecule has 3 aliphatic rings. The van der Waals surface area contributed by atoms with Gasteiger partial charge in [0.15, 0.2) is 0 Å². The van der Waals surface area contributed by atoms with E-state index in [2.05, 4.69) is 0 Å². The normalized spacial score (nSPS) is 36.4. The smallest absolute Gasteiger partial charge is 0.312 e. The zero-order valence-corrected chi connectivity index (χ0v) is 12.4. The average Bonchev–Trinajstić information content (AvgIpc) is 3.08. The van der Waals surface area contributed by atoms with Crippen LogP contribution in [0.25, 0.3) is 0 Å². The molecule has 3 heterocycles. The number of fused-ring (bicyclic) bond motifs is 1. The second-order valence-corrected chi connectivity index (χ2v) is 5.76. The SMILES string of the molecule is CCOC(=O)[C@H]1[C@@H]2C=C[C@@]3(CN(CCCOC)C(=O)[C@@H]13)O2. The van der Waals surface area contributed by atoms with Crippen molar-refractivity contribution in [1.29, 1.82) is 0 Å². The van der Waals surface area contributed by atoms with Crippen LogP contribution in [0.1, 0.15) is 13.3 Å². The third kappa shape index (κ3) is 2.17. The number of rotatable bonds is 6. The first kappa shape index (κ1) is 14.5. The van der Waals surface area contributed by atoms with E-state index in [9.17, 15) is 9.59 Å². The number of carbonyl (C=O) groups excluding carboxylic acids is 2. The van der Waals surface area contributed by atoms with Crippen LogP contribution in [-0.4, -0.2) is 61.9 Å². The third-order valence-electron chi connectivity index (χ3n) is 4.51. The molecule has 2 saturated heterocycles. The molecule has 116 valence electrons. The van der Waals surface area contributed by atoms with Crippen LogP contribution < -0.4 is 0 Å². The van der Waals surface area contributed by atoms with Gasteiger partial charge >= 0.3 is 5.97 Å². The Morgan fingerprint density at radius 3 is 3.10 bits per heavy atom. The van der Waals surface area contributed by atoms with Crippen molar-refractivity contribution in [1.82, 2.24) is 4.90 Å². The maximum absolute atomic E-state index is 12.6. The summed E-state index contributed by atoms with van der Waals surface area (Å²) in [6.45, 7) is 3.84. The van der Waals surface area contributed by atoms with E-state index in [0.717, 1.165) is 6.42 Å². The molecule has 1 amide bonds. The number of esters is 1. The van der Waals surface area contributed by atoms with E-state index in [4.69, 9.17) is 14.2 Å². The molecule has 21 heavy (non-hydrogen) atoms. The van der Waals surface area contributed by atoms with Gasteiger partial charge in [0.25, 0.3) is 0 Å². The zero-order valence-electron chi connectivity index (χ0n) is 12.4. The topological polar surface area (TPSA) is 65.1 Å². The number of nitrogens with zero attached hydrogens (tertiary/aromatic N) is 1. The Labute approximate surface area is 124 Å². The number of likely N-dealkylation sites (tertiary alicyclic amines) is 1. The highest BCUT2D eigenvalue weighted by Crippen LogP contribution is 2.52. The van der Waals surface area contributed by atoms with Crippen molar-refractivity contribution in [3.05, 3.63) is 12.2 Å². The highest BCUT2D eigenvalue weighted by Gasteiger charge is 2.67. The van der Waals surface area contributed by atoms with Crippen LogP contribution >= 0.6 is 0 Å². The van der Waals surface area contributed by atoms with Crippen molar-refractivity contribution in [3.63, 3.8) is 0 Å². The molecule has 6 nitrogen and oxygen atoms in total. The Morgan fingerprint density at radius 2 is 2.38 bits per heavy atom. The number of ether oxygens (including phenoxy) is 3. The predicted octanol–water partition coefficient (Wildman–Crippen LogP) is 0.368. The fourth-order valence-corrected chi connectivity index (χ4v) is 3.67. The van der Waals surface area contributed by atoms with Crippen molar-refractivity contribution in [3.8, 4) is 0 Å². The second-order valence-electron chi connectivity index (χ2n) is 5.76. The summed E-state index contributed by atoms with van der Waals surface area (Å²) in [4.78, 5) is 26.6. The van der Waals surface area contributed by atoms with Crippen molar-refractivity contribution in [2.75, 3.05) is 33.4 Å². The minimum Gasteiger partial charge on any atom is -0.466 e. The zero-order chi connectivity index (χ0) is 15.0. The summed E-state index contributed by atoms with van der Waals surface area (Å²) < 4.78 is 16.1. The van der Waals surface area contributed by atoms with Crippen molar-refractivity contribution in [2.45, 2.75) is 25.0 Å². The van der Waals surface area contributed by atoms with Crippen LogP contribution in [0.3, 0.4) is 0 Å². The fraction of sp³-hybridized carbons (Fsp3) is 0.733. The average molecular weight is 295 g/mol. The van der Waals surface area contributed by atoms with Gasteiger partial charge in [0.2, 0.25) is 5.91 Å². The van der Waals surface area contributed by atoms with Gasteiger partial charge in [0.1, 0.15) is 11.5 Å². The lowest BCUT2D eigenvalue weighted by molar-refractivity contribution is -0.153. The lowest BCUT2D eigenvalue weighted by Crippen LogP contribution is -2.40. The summed E-state index contributed by atoms with van der Waals surface area (Å²) in [6, 6.07) is 0. The summed E-state index contributed by atoms with van der Waals surface area (Å²) in [5, 5.41) is 0. The molecule has 1 spiro atoms. The summed E-state index contributed by atoms with van der Waals surface area (Å²) in [6.07, 6.45) is 4.30. The molecule has 2 bridgehead atoms. The Morgan fingerprint density at radius 1 is 1.57 bits per heavy atom. The Hall–Kier alpha value is -1.40. The van der Waals surface area contributed by atoms with Gasteiger partial charge < -0.3 is 19.1 Å². The molecule has 6 heteroatoms. The van der Waals surface area contributed by atoms with Crippen LogP contribution in [0, 0.1) is 11.8 Å². The molecule has 2 fully saturated rings. The molecule has 0 N–H and O–H groups in total. The highest BCUT2D eigenvalue weighted by molar-refractivity contribution is 5.91. The van der Waals surface area contributed by atoms with Gasteiger partial charge in [-0.25, -0.2) is 0 Å². The quantitative estimate of drug-likeness (QED) is 0.402. The molecule has 0 aromatic heterocycles. The van der Waals surface area contributed by atoms with Crippen molar-refractivity contribution < 1.29 is 23.8 Å². The number of hydrogen-bond acceptors (Lipinski definition) is 5. The number of carbonyl (C=O) groups is 2. The van der Waals surface area contributed by atoms with Crippen LogP contribution in [0.2, 0.25) is 0 Å². The van der Waals surface area contributed by atoms with E-state index in [1.165, 1.54) is 0 Å². The first-order valence-electron chi connectivity index (χ1n) is 7.44. The molecule has 0 aromatic carbocycles. The summed E-state index contributed by atoms with van der Waals surface area (Å²) in [7, 11) is 1.64. The van der Waals surface area contributed by atoms with Crippen LogP contribution in [0.15, 0.2) is 12.2 Å². The van der Waals surface area contributed by atoms with Gasteiger partial charge in [0.05, 0.1) is 25.2 Å². The van der Waals surface area contributed by atoms with Crippen LogP contribution in [0.4, 0.5) is 0 Å². The molecular formula is C15H21NO5. The minimum atomic E-state index is -0.633. The van der Waals surface area contributed by atoms with Gasteiger partial charge in [-0.1, -0.05) is 12.2 Å². The molecule has 0 aromatic rings. The largest absolute Gasteiger partial charge is 0.466 e. The summed E-state index contributed by atoms with van der Waals surface area (Å²) in [5.41, 5.74) is -0.633. The monoisotopic (exact) mass is 295 g/mol. The van der Waals surface area contributed by atoms with Crippen LogP contribution in [-0.2, 0) is 23.8 Å². The van der Waals surface area contributed by atoms with Gasteiger partial charge in [-0.15, -0.1) is 0 Å². The van der Waals surface area contributed by atoms with Crippen molar-refractivity contribution >= 4 is 11.9 Å². The highest BCUT2D eigenvalue weighted by atomic mass is 16.6. The van der Waals surface area contributed by atoms with E-state index >= 15 is 0 Å². The molecule has 3 rings (SSSR count). The summed E-state index contributed by atoms with van der Waals surface area (Å²) in [5.74, 6) is -1.27. The van der Waals surface area contributed by atoms with Gasteiger partial charge in [0, 0.05) is 20.3 Å². The van der Waals surface area contributed by atoms with E-state index < -0.39 is 17.4 Å². The first-order chi connectivity index (χ1) is 10.1. The fourth-order valence-electron chi connectivity index (χ4n) is 3.67. The number of hydrogen-bond donors (Lipinski definition) is 0. The number of amides is 1. The van der Waals surface area contributed by atoms with Gasteiger partial charge in [-0.3, -0.25) is 9.59 Å². The molecule has 0 radical (unpaired) electrons. The Bertz CT molecular complexity index is 477. The second kappa shape index (κ2) is 5.42. The van der Waals surface area contributed by atoms with E-state index in [1.807, 2.05) is 12.2 Å². The molecule has 4 atom stereocenters. The van der Waals surface area contributed by atoms with E-state index in [1.54, 1.807) is 18.9 Å². The minimum absolute atomic E-state index is 0.00370. The Balaban J connectivity index is 1.77. The van der Waals surface area contributed by atoms with E-state index in [-0.39, 0.29) is 18.0 Å². The number of methoxy groups -OCH3 is 1. The molecule has 0 unspecified atom stereocenters. The van der Waals surface area contributed by atoms with Crippen LogP contribution in [0.5, 0.6) is 0 Å². The maximum atomic E-state index is 12.6.